The van der Waals surface area contributed by atoms with Crippen molar-refractivity contribution < 1.29 is 35.5 Å². The predicted octanol–water partition coefficient (Wildman–Crippen LogP) is 3.46. The van der Waals surface area contributed by atoms with Gasteiger partial charge in [0.2, 0.25) is 0 Å². The summed E-state index contributed by atoms with van der Waals surface area (Å²) in [5.41, 5.74) is -0.691. The lowest BCUT2D eigenvalue weighted by Crippen LogP contribution is -2.33. The summed E-state index contributed by atoms with van der Waals surface area (Å²) in [6, 6.07) is 3.98. The highest BCUT2D eigenvalue weighted by molar-refractivity contribution is 7.85. The molecule has 0 atom stereocenters. The van der Waals surface area contributed by atoms with Gasteiger partial charge in [-0.25, -0.2) is 0 Å². The third kappa shape index (κ3) is 5.36. The number of hydrogen-bond acceptors (Lipinski definition) is 5. The van der Waals surface area contributed by atoms with Crippen molar-refractivity contribution >= 4 is 16.0 Å². The molecule has 29 heavy (non-hydrogen) atoms. The molecule has 158 valence electrons. The maximum absolute atomic E-state index is 12.8. The van der Waals surface area contributed by atoms with Gasteiger partial charge in [0.25, 0.3) is 16.0 Å². The summed E-state index contributed by atoms with van der Waals surface area (Å²) in [7, 11) is -4.34. The average molecular weight is 432 g/mol. The zero-order chi connectivity index (χ0) is 21.2. The van der Waals surface area contributed by atoms with Crippen LogP contribution in [0.2, 0.25) is 0 Å². The Kier molecular flexibility index (Phi) is 5.99. The van der Waals surface area contributed by atoms with Crippen molar-refractivity contribution in [1.82, 2.24) is 10.5 Å². The number of rotatable bonds is 6. The van der Waals surface area contributed by atoms with Crippen LogP contribution < -0.4 is 5.32 Å². The molecule has 3 rings (SSSR count). The molecule has 1 aliphatic carbocycles. The van der Waals surface area contributed by atoms with Crippen LogP contribution in [-0.4, -0.2) is 35.8 Å². The number of halogens is 3. The molecule has 0 spiro atoms. The SMILES string of the molecule is O=C(NC1CCCC1)c1noc(-c2ccc(C(F)(F)F)cc2)c1CCS(=O)(=O)O. The van der Waals surface area contributed by atoms with E-state index in [1.165, 1.54) is 0 Å². The van der Waals surface area contributed by atoms with E-state index in [4.69, 9.17) is 9.08 Å². The largest absolute Gasteiger partial charge is 0.416 e. The van der Waals surface area contributed by atoms with E-state index in [-0.39, 0.29) is 35.0 Å². The maximum atomic E-state index is 12.8. The molecule has 7 nitrogen and oxygen atoms in total. The quantitative estimate of drug-likeness (QED) is 0.677. The van der Waals surface area contributed by atoms with Crippen LogP contribution in [0, 0.1) is 0 Å². The highest BCUT2D eigenvalue weighted by Crippen LogP contribution is 2.33. The van der Waals surface area contributed by atoms with Gasteiger partial charge in [0.1, 0.15) is 0 Å². The standard InChI is InChI=1S/C18H19F3N2O5S/c19-18(20,21)12-7-5-11(6-8-12)16-14(9-10-29(25,26)27)15(23-28-16)17(24)22-13-3-1-2-4-13/h5-8,13H,1-4,9-10H2,(H,22,24)(H,25,26,27). The number of alkyl halides is 3. The second-order valence-corrected chi connectivity index (χ2v) is 8.48. The van der Waals surface area contributed by atoms with Crippen LogP contribution in [-0.2, 0) is 22.7 Å². The van der Waals surface area contributed by atoms with Gasteiger partial charge in [0.05, 0.1) is 11.3 Å². The minimum atomic E-state index is -4.51. The molecule has 2 N–H and O–H groups in total. The van der Waals surface area contributed by atoms with E-state index in [1.54, 1.807) is 0 Å². The van der Waals surface area contributed by atoms with Crippen LogP contribution in [0.3, 0.4) is 0 Å². The Labute approximate surface area is 165 Å². The molecule has 11 heteroatoms. The van der Waals surface area contributed by atoms with Gasteiger partial charge in [-0.15, -0.1) is 0 Å². The van der Waals surface area contributed by atoms with E-state index >= 15 is 0 Å². The van der Waals surface area contributed by atoms with Crippen molar-refractivity contribution in [2.75, 3.05) is 5.75 Å². The summed E-state index contributed by atoms with van der Waals surface area (Å²) >= 11 is 0. The van der Waals surface area contributed by atoms with Gasteiger partial charge in [0, 0.05) is 17.2 Å². The summed E-state index contributed by atoms with van der Waals surface area (Å²) in [5, 5.41) is 6.53. The van der Waals surface area contributed by atoms with Gasteiger partial charge >= 0.3 is 6.18 Å². The summed E-state index contributed by atoms with van der Waals surface area (Å²) < 4.78 is 74.9. The van der Waals surface area contributed by atoms with Crippen LogP contribution >= 0.6 is 0 Å². The highest BCUT2D eigenvalue weighted by Gasteiger charge is 2.31. The fraction of sp³-hybridized carbons (Fsp3) is 0.444. The number of nitrogens with one attached hydrogen (secondary N) is 1. The maximum Gasteiger partial charge on any atom is 0.416 e. The molecular formula is C18H19F3N2O5S. The Morgan fingerprint density at radius 2 is 1.83 bits per heavy atom. The molecule has 2 aromatic rings. The number of amides is 1. The van der Waals surface area contributed by atoms with Crippen LogP contribution in [0.25, 0.3) is 11.3 Å². The zero-order valence-corrected chi connectivity index (χ0v) is 16.0. The third-order valence-electron chi connectivity index (χ3n) is 4.78. The normalized spacial score (nSPS) is 15.6. The van der Waals surface area contributed by atoms with Gasteiger partial charge < -0.3 is 9.84 Å². The Hall–Kier alpha value is -2.40. The van der Waals surface area contributed by atoms with Crippen LogP contribution in [0.4, 0.5) is 13.2 Å². The second-order valence-electron chi connectivity index (χ2n) is 6.90. The predicted molar refractivity (Wildman–Crippen MR) is 96.8 cm³/mol. The number of carbonyl (C=O) groups excluding carboxylic acids is 1. The van der Waals surface area contributed by atoms with Gasteiger partial charge in [-0.3, -0.25) is 9.35 Å². The van der Waals surface area contributed by atoms with Crippen molar-refractivity contribution in [2.24, 2.45) is 0 Å². The summed E-state index contributed by atoms with van der Waals surface area (Å²) in [6.07, 6.45) is -1.20. The van der Waals surface area contributed by atoms with Crippen molar-refractivity contribution in [3.05, 3.63) is 41.1 Å². The highest BCUT2D eigenvalue weighted by atomic mass is 32.2. The van der Waals surface area contributed by atoms with E-state index in [0.717, 1.165) is 49.9 Å². The van der Waals surface area contributed by atoms with Crippen LogP contribution in [0.5, 0.6) is 0 Å². The molecule has 0 unspecified atom stereocenters. The molecular weight excluding hydrogens is 413 g/mol. The van der Waals surface area contributed by atoms with E-state index in [1.807, 2.05) is 0 Å². The number of aromatic nitrogens is 1. The van der Waals surface area contributed by atoms with Crippen LogP contribution in [0.1, 0.15) is 47.3 Å². The first-order valence-corrected chi connectivity index (χ1v) is 10.6. The van der Waals surface area contributed by atoms with E-state index in [9.17, 15) is 26.4 Å². The topological polar surface area (TPSA) is 110 Å². The molecule has 0 aliphatic heterocycles. The molecule has 1 fully saturated rings. The third-order valence-corrected chi connectivity index (χ3v) is 5.50. The Balaban J connectivity index is 1.93. The molecule has 0 bridgehead atoms. The number of benzene rings is 1. The molecule has 1 heterocycles. The molecule has 1 amide bonds. The fourth-order valence-electron chi connectivity index (χ4n) is 3.31. The zero-order valence-electron chi connectivity index (χ0n) is 15.2. The van der Waals surface area contributed by atoms with E-state index in [2.05, 4.69) is 10.5 Å². The monoisotopic (exact) mass is 432 g/mol. The van der Waals surface area contributed by atoms with Crippen molar-refractivity contribution in [3.63, 3.8) is 0 Å². The Morgan fingerprint density at radius 3 is 2.38 bits per heavy atom. The number of nitrogens with zero attached hydrogens (tertiary/aromatic N) is 1. The smallest absolute Gasteiger partial charge is 0.355 e. The first-order valence-electron chi connectivity index (χ1n) is 8.97. The van der Waals surface area contributed by atoms with Crippen molar-refractivity contribution in [1.29, 1.82) is 0 Å². The average Bonchev–Trinajstić information content (AvgIpc) is 3.28. The van der Waals surface area contributed by atoms with Gasteiger partial charge in [-0.2, -0.15) is 21.6 Å². The lowest BCUT2D eigenvalue weighted by Gasteiger charge is -2.11. The molecule has 0 radical (unpaired) electrons. The van der Waals surface area contributed by atoms with Gasteiger partial charge in [-0.05, 0) is 31.4 Å². The summed E-state index contributed by atoms with van der Waals surface area (Å²) in [6.45, 7) is 0. The van der Waals surface area contributed by atoms with Crippen molar-refractivity contribution in [2.45, 2.75) is 44.3 Å². The van der Waals surface area contributed by atoms with Crippen LogP contribution in [0.15, 0.2) is 28.8 Å². The van der Waals surface area contributed by atoms with E-state index < -0.39 is 33.5 Å². The Bertz CT molecular complexity index is 978. The minimum Gasteiger partial charge on any atom is -0.355 e. The fourth-order valence-corrected chi connectivity index (χ4v) is 3.77. The minimum absolute atomic E-state index is 0.0149. The number of carbonyl (C=O) groups is 1. The molecule has 1 saturated carbocycles. The van der Waals surface area contributed by atoms with Crippen molar-refractivity contribution in [3.8, 4) is 11.3 Å². The molecule has 1 aliphatic rings. The number of hydrogen-bond donors (Lipinski definition) is 2. The van der Waals surface area contributed by atoms with E-state index in [0.29, 0.717) is 0 Å². The molecule has 1 aromatic heterocycles. The molecule has 0 saturated heterocycles. The second kappa shape index (κ2) is 8.15. The first-order chi connectivity index (χ1) is 13.5. The first kappa shape index (κ1) is 21.3. The molecule has 1 aromatic carbocycles. The van der Waals surface area contributed by atoms with Gasteiger partial charge in [-0.1, -0.05) is 30.1 Å². The Morgan fingerprint density at radius 1 is 1.21 bits per heavy atom. The lowest BCUT2D eigenvalue weighted by molar-refractivity contribution is -0.137. The lowest BCUT2D eigenvalue weighted by atomic mass is 10.0. The summed E-state index contributed by atoms with van der Waals surface area (Å²) in [5.74, 6) is -1.26. The van der Waals surface area contributed by atoms with Gasteiger partial charge in [0.15, 0.2) is 11.5 Å². The summed E-state index contributed by atoms with van der Waals surface area (Å²) in [4.78, 5) is 12.6.